The third kappa shape index (κ3) is 2.64. The Morgan fingerprint density at radius 1 is 1.00 bits per heavy atom. The second kappa shape index (κ2) is 5.98. The van der Waals surface area contributed by atoms with E-state index in [1.165, 1.54) is 19.9 Å². The fraction of sp³-hybridized carbons (Fsp3) is 0.150. The predicted octanol–water partition coefficient (Wildman–Crippen LogP) is 3.59. The third-order valence-corrected chi connectivity index (χ3v) is 4.27. The van der Waals surface area contributed by atoms with Gasteiger partial charge in [0, 0.05) is 30.2 Å². The number of benzene rings is 2. The van der Waals surface area contributed by atoms with Gasteiger partial charge in [-0.2, -0.15) is 0 Å². The van der Waals surface area contributed by atoms with Crippen molar-refractivity contribution in [3.05, 3.63) is 46.2 Å². The molecule has 136 valence electrons. The van der Waals surface area contributed by atoms with Gasteiger partial charge in [0.1, 0.15) is 11.2 Å². The number of carbonyl (C=O) groups is 2. The molecule has 27 heavy (non-hydrogen) atoms. The molecule has 2 heterocycles. The first kappa shape index (κ1) is 16.8. The van der Waals surface area contributed by atoms with Crippen LogP contribution < -0.4 is 15.0 Å². The first-order valence-electron chi connectivity index (χ1n) is 8.24. The van der Waals surface area contributed by atoms with Gasteiger partial charge in [0.25, 0.3) is 5.56 Å². The van der Waals surface area contributed by atoms with Gasteiger partial charge in [0.05, 0.1) is 10.9 Å². The number of pyridine rings is 1. The Morgan fingerprint density at radius 3 is 2.41 bits per heavy atom. The van der Waals surface area contributed by atoms with E-state index in [0.717, 1.165) is 5.39 Å². The van der Waals surface area contributed by atoms with Crippen LogP contribution >= 0.6 is 0 Å². The largest absolute Gasteiger partial charge is 0.455 e. The average molecular weight is 365 g/mol. The van der Waals surface area contributed by atoms with E-state index in [-0.39, 0.29) is 17.1 Å². The van der Waals surface area contributed by atoms with Crippen molar-refractivity contribution in [2.45, 2.75) is 20.8 Å². The monoisotopic (exact) mass is 365 g/mol. The highest BCUT2D eigenvalue weighted by Gasteiger charge is 2.23. The van der Waals surface area contributed by atoms with Crippen molar-refractivity contribution in [2.75, 3.05) is 0 Å². The van der Waals surface area contributed by atoms with Crippen molar-refractivity contribution in [3.8, 4) is 11.5 Å². The summed E-state index contributed by atoms with van der Waals surface area (Å²) in [5, 5.41) is 1.56. The van der Waals surface area contributed by atoms with Crippen molar-refractivity contribution in [1.82, 2.24) is 4.98 Å². The highest BCUT2D eigenvalue weighted by molar-refractivity contribution is 6.14. The summed E-state index contributed by atoms with van der Waals surface area (Å²) in [7, 11) is 0. The lowest BCUT2D eigenvalue weighted by Crippen LogP contribution is -2.09. The number of aryl methyl sites for hydroxylation is 1. The number of hydrogen-bond donors (Lipinski definition) is 1. The van der Waals surface area contributed by atoms with Crippen molar-refractivity contribution < 1.29 is 23.5 Å². The summed E-state index contributed by atoms with van der Waals surface area (Å²) < 4.78 is 16.5. The Kier molecular flexibility index (Phi) is 3.73. The van der Waals surface area contributed by atoms with Crippen LogP contribution in [0.5, 0.6) is 11.5 Å². The summed E-state index contributed by atoms with van der Waals surface area (Å²) in [6, 6.07) is 8.76. The number of para-hydroxylation sites is 1. The van der Waals surface area contributed by atoms with Gasteiger partial charge >= 0.3 is 11.9 Å². The molecule has 0 saturated carbocycles. The lowest BCUT2D eigenvalue weighted by atomic mass is 10.1. The van der Waals surface area contributed by atoms with Crippen molar-refractivity contribution in [2.24, 2.45) is 0 Å². The standard InChI is InChI=1S/C20H15NO6/c1-9-17-13(8-15(25-10(2)22)18(9)26-11(3)23)16-19(27-17)12-6-4-5-7-14(12)21-20(16)24/h4-8H,1-3H3,(H,21,24). The predicted molar refractivity (Wildman–Crippen MR) is 99.2 cm³/mol. The van der Waals surface area contributed by atoms with Crippen LogP contribution in [0.2, 0.25) is 0 Å². The molecule has 0 radical (unpaired) electrons. The zero-order valence-electron chi connectivity index (χ0n) is 14.8. The van der Waals surface area contributed by atoms with Gasteiger partial charge < -0.3 is 18.9 Å². The Balaban J connectivity index is 2.17. The van der Waals surface area contributed by atoms with Gasteiger partial charge in [-0.15, -0.1) is 0 Å². The molecule has 1 N–H and O–H groups in total. The van der Waals surface area contributed by atoms with Gasteiger partial charge in [-0.1, -0.05) is 12.1 Å². The van der Waals surface area contributed by atoms with Crippen LogP contribution in [-0.2, 0) is 9.59 Å². The number of aromatic amines is 1. The minimum Gasteiger partial charge on any atom is -0.455 e. The van der Waals surface area contributed by atoms with Crippen molar-refractivity contribution in [1.29, 1.82) is 0 Å². The minimum atomic E-state index is -0.575. The number of hydrogen-bond acceptors (Lipinski definition) is 6. The zero-order valence-corrected chi connectivity index (χ0v) is 14.8. The molecule has 2 aromatic heterocycles. The second-order valence-electron chi connectivity index (χ2n) is 6.20. The molecule has 0 aliphatic rings. The summed E-state index contributed by atoms with van der Waals surface area (Å²) >= 11 is 0. The van der Waals surface area contributed by atoms with Gasteiger partial charge in [-0.25, -0.2) is 0 Å². The molecule has 7 nitrogen and oxygen atoms in total. The van der Waals surface area contributed by atoms with E-state index in [9.17, 15) is 14.4 Å². The Bertz CT molecular complexity index is 1310. The van der Waals surface area contributed by atoms with E-state index < -0.39 is 11.9 Å². The number of esters is 2. The summed E-state index contributed by atoms with van der Waals surface area (Å²) in [5.74, 6) is -0.998. The molecule has 0 saturated heterocycles. The van der Waals surface area contributed by atoms with Gasteiger partial charge in [0.2, 0.25) is 0 Å². The molecule has 0 atom stereocenters. The maximum atomic E-state index is 12.7. The molecule has 0 unspecified atom stereocenters. The highest BCUT2D eigenvalue weighted by Crippen LogP contribution is 2.42. The number of H-pyrrole nitrogens is 1. The van der Waals surface area contributed by atoms with Crippen LogP contribution in [0, 0.1) is 6.92 Å². The third-order valence-electron chi connectivity index (χ3n) is 4.27. The number of ether oxygens (including phenoxy) is 2. The number of furan rings is 1. The SMILES string of the molecule is CC(=O)Oc1cc2c(oc3c4ccccc4[nH]c(=O)c23)c(C)c1OC(C)=O. The highest BCUT2D eigenvalue weighted by atomic mass is 16.6. The number of nitrogens with one attached hydrogen (secondary N) is 1. The summed E-state index contributed by atoms with van der Waals surface area (Å²) in [6.07, 6.45) is 0. The molecular weight excluding hydrogens is 350 g/mol. The quantitative estimate of drug-likeness (QED) is 0.431. The van der Waals surface area contributed by atoms with Crippen LogP contribution in [0.25, 0.3) is 32.8 Å². The topological polar surface area (TPSA) is 98.6 Å². The molecule has 4 rings (SSSR count). The molecule has 0 amide bonds. The lowest BCUT2D eigenvalue weighted by Gasteiger charge is -2.11. The molecule has 0 aliphatic heterocycles. The van der Waals surface area contributed by atoms with Crippen LogP contribution in [0.1, 0.15) is 19.4 Å². The van der Waals surface area contributed by atoms with Gasteiger partial charge in [0.15, 0.2) is 11.5 Å². The van der Waals surface area contributed by atoms with E-state index in [2.05, 4.69) is 4.98 Å². The van der Waals surface area contributed by atoms with E-state index >= 15 is 0 Å². The van der Waals surface area contributed by atoms with Crippen LogP contribution in [0.15, 0.2) is 39.5 Å². The molecule has 0 bridgehead atoms. The number of carbonyl (C=O) groups excluding carboxylic acids is 2. The number of rotatable bonds is 2. The maximum Gasteiger partial charge on any atom is 0.308 e. The summed E-state index contributed by atoms with van der Waals surface area (Å²) in [5.41, 5.74) is 1.59. The maximum absolute atomic E-state index is 12.7. The first-order chi connectivity index (χ1) is 12.9. The number of fused-ring (bicyclic) bond motifs is 5. The fourth-order valence-corrected chi connectivity index (χ4v) is 3.24. The van der Waals surface area contributed by atoms with E-state index in [4.69, 9.17) is 13.9 Å². The van der Waals surface area contributed by atoms with Crippen LogP contribution in [0.3, 0.4) is 0 Å². The molecule has 7 heteroatoms. The normalized spacial score (nSPS) is 11.2. The minimum absolute atomic E-state index is 0.0537. The molecule has 2 aromatic carbocycles. The van der Waals surface area contributed by atoms with Crippen molar-refractivity contribution in [3.63, 3.8) is 0 Å². The molecule has 4 aromatic rings. The van der Waals surface area contributed by atoms with Crippen LogP contribution in [0.4, 0.5) is 0 Å². The van der Waals surface area contributed by atoms with Crippen LogP contribution in [-0.4, -0.2) is 16.9 Å². The van der Waals surface area contributed by atoms with E-state index in [1.807, 2.05) is 18.2 Å². The van der Waals surface area contributed by atoms with E-state index in [1.54, 1.807) is 13.0 Å². The Labute approximate surface area is 152 Å². The lowest BCUT2D eigenvalue weighted by molar-refractivity contribution is -0.134. The first-order valence-corrected chi connectivity index (χ1v) is 8.24. The number of aromatic nitrogens is 1. The molecular formula is C20H15NO6. The van der Waals surface area contributed by atoms with Gasteiger partial charge in [-0.05, 0) is 25.1 Å². The van der Waals surface area contributed by atoms with Gasteiger partial charge in [-0.3, -0.25) is 14.4 Å². The fourth-order valence-electron chi connectivity index (χ4n) is 3.24. The van der Waals surface area contributed by atoms with Crippen molar-refractivity contribution >= 4 is 44.8 Å². The average Bonchev–Trinajstić information content (AvgIpc) is 2.98. The summed E-state index contributed by atoms with van der Waals surface area (Å²) in [6.45, 7) is 4.16. The smallest absolute Gasteiger partial charge is 0.308 e. The summed E-state index contributed by atoms with van der Waals surface area (Å²) in [4.78, 5) is 38.5. The zero-order chi connectivity index (χ0) is 19.3. The molecule has 0 fully saturated rings. The Hall–Kier alpha value is -3.61. The Morgan fingerprint density at radius 2 is 1.70 bits per heavy atom. The molecule has 0 aliphatic carbocycles. The second-order valence-corrected chi connectivity index (χ2v) is 6.20. The molecule has 0 spiro atoms. The van der Waals surface area contributed by atoms with E-state index in [0.29, 0.717) is 33.0 Å².